The Kier molecular flexibility index (Phi) is 4.90. The van der Waals surface area contributed by atoms with Crippen LogP contribution in [-0.4, -0.2) is 48.0 Å². The van der Waals surface area contributed by atoms with Crippen molar-refractivity contribution < 1.29 is 0 Å². The van der Waals surface area contributed by atoms with E-state index in [2.05, 4.69) is 55.9 Å². The van der Waals surface area contributed by atoms with Gasteiger partial charge in [0.25, 0.3) is 0 Å². The van der Waals surface area contributed by atoms with Crippen molar-refractivity contribution in [1.82, 2.24) is 14.8 Å². The second-order valence-electron chi connectivity index (χ2n) is 7.25. The number of rotatable bonds is 4. The maximum Gasteiger partial charge on any atom is 0.0891 e. The lowest BCUT2D eigenvalue weighted by Gasteiger charge is -2.27. The number of hydrogen-bond acceptors (Lipinski definition) is 3. The topological polar surface area (TPSA) is 19.4 Å². The van der Waals surface area contributed by atoms with Gasteiger partial charge in [0.15, 0.2) is 0 Å². The second kappa shape index (κ2) is 6.76. The number of nitrogens with zero attached hydrogens (tertiary/aromatic N) is 3. The molecule has 1 aromatic carbocycles. The smallest absolute Gasteiger partial charge is 0.0891 e. The van der Waals surface area contributed by atoms with Crippen LogP contribution in [-0.2, 0) is 6.54 Å². The average Bonchev–Trinajstić information content (AvgIpc) is 2.92. The lowest BCUT2D eigenvalue weighted by Crippen LogP contribution is -2.37. The highest BCUT2D eigenvalue weighted by atomic mass is 35.5. The van der Waals surface area contributed by atoms with E-state index in [0.29, 0.717) is 17.9 Å². The molecule has 124 valence electrons. The largest absolute Gasteiger partial charge is 0.305 e. The maximum atomic E-state index is 6.29. The average molecular weight is 332 g/mol. The number of para-hydroxylation sites is 1. The number of benzene rings is 1. The van der Waals surface area contributed by atoms with Crippen LogP contribution in [0.5, 0.6) is 0 Å². The van der Waals surface area contributed by atoms with Gasteiger partial charge >= 0.3 is 0 Å². The summed E-state index contributed by atoms with van der Waals surface area (Å²) in [4.78, 5) is 9.69. The second-order valence-corrected chi connectivity index (χ2v) is 7.65. The summed E-state index contributed by atoms with van der Waals surface area (Å²) in [5.41, 5.74) is 2.02. The van der Waals surface area contributed by atoms with Crippen LogP contribution in [0.1, 0.15) is 19.5 Å². The van der Waals surface area contributed by atoms with Crippen molar-refractivity contribution in [3.8, 4) is 0 Å². The number of likely N-dealkylation sites (tertiary alicyclic amines) is 1. The molecular weight excluding hydrogens is 306 g/mol. The molecule has 0 N–H and O–H groups in total. The highest BCUT2D eigenvalue weighted by molar-refractivity contribution is 6.35. The summed E-state index contributed by atoms with van der Waals surface area (Å²) < 4.78 is 0. The van der Waals surface area contributed by atoms with Crippen LogP contribution in [0.4, 0.5) is 0 Å². The molecule has 1 fully saturated rings. The number of hydrogen-bond donors (Lipinski definition) is 0. The Bertz CT molecular complexity index is 667. The Balaban J connectivity index is 1.78. The van der Waals surface area contributed by atoms with Crippen LogP contribution in [0.2, 0.25) is 5.02 Å². The first-order valence-corrected chi connectivity index (χ1v) is 8.76. The molecule has 1 aromatic heterocycles. The minimum Gasteiger partial charge on any atom is -0.305 e. The summed E-state index contributed by atoms with van der Waals surface area (Å²) >= 11 is 6.29. The number of likely N-dealkylation sites (N-methyl/N-ethyl adjacent to an activating group) is 1. The SMILES string of the molecule is CC(C)[C@@H]1CN(Cc2ccc3cccc(Cl)c3n2)C[C@H]1N(C)C. The van der Waals surface area contributed by atoms with Crippen molar-refractivity contribution in [1.29, 1.82) is 0 Å². The Labute approximate surface area is 144 Å². The highest BCUT2D eigenvalue weighted by Gasteiger charge is 2.35. The van der Waals surface area contributed by atoms with Gasteiger partial charge in [0.05, 0.1) is 16.2 Å². The Morgan fingerprint density at radius 1 is 1.22 bits per heavy atom. The molecule has 0 amide bonds. The van der Waals surface area contributed by atoms with Crippen molar-refractivity contribution in [2.75, 3.05) is 27.2 Å². The first-order valence-electron chi connectivity index (χ1n) is 8.38. The van der Waals surface area contributed by atoms with Gasteiger partial charge < -0.3 is 4.90 Å². The first-order chi connectivity index (χ1) is 11.0. The maximum absolute atomic E-state index is 6.29. The normalized spacial score (nSPS) is 22.6. The molecule has 0 radical (unpaired) electrons. The van der Waals surface area contributed by atoms with E-state index in [9.17, 15) is 0 Å². The lowest BCUT2D eigenvalue weighted by atomic mass is 9.91. The molecule has 23 heavy (non-hydrogen) atoms. The van der Waals surface area contributed by atoms with E-state index >= 15 is 0 Å². The van der Waals surface area contributed by atoms with Crippen LogP contribution >= 0.6 is 11.6 Å². The summed E-state index contributed by atoms with van der Waals surface area (Å²) in [6.07, 6.45) is 0. The van der Waals surface area contributed by atoms with E-state index in [1.54, 1.807) is 0 Å². The fourth-order valence-electron chi connectivity index (χ4n) is 3.69. The van der Waals surface area contributed by atoms with Crippen molar-refractivity contribution in [3.63, 3.8) is 0 Å². The van der Waals surface area contributed by atoms with Crippen LogP contribution in [0.15, 0.2) is 30.3 Å². The molecule has 0 unspecified atom stereocenters. The summed E-state index contributed by atoms with van der Waals surface area (Å²) in [5, 5.41) is 1.84. The molecule has 0 aliphatic carbocycles. The number of pyridine rings is 1. The zero-order valence-electron chi connectivity index (χ0n) is 14.5. The fourth-order valence-corrected chi connectivity index (χ4v) is 3.92. The van der Waals surface area contributed by atoms with Gasteiger partial charge in [-0.1, -0.05) is 43.6 Å². The van der Waals surface area contributed by atoms with Gasteiger partial charge in [0.2, 0.25) is 0 Å². The number of halogens is 1. The van der Waals surface area contributed by atoms with Crippen molar-refractivity contribution in [3.05, 3.63) is 41.0 Å². The van der Waals surface area contributed by atoms with Gasteiger partial charge in [0, 0.05) is 31.1 Å². The van der Waals surface area contributed by atoms with E-state index in [0.717, 1.165) is 41.3 Å². The molecule has 3 nitrogen and oxygen atoms in total. The number of aromatic nitrogens is 1. The molecular formula is C19H26ClN3. The third-order valence-corrected chi connectivity index (χ3v) is 5.35. The molecule has 1 aliphatic rings. The van der Waals surface area contributed by atoms with Gasteiger partial charge in [-0.2, -0.15) is 0 Å². The van der Waals surface area contributed by atoms with Gasteiger partial charge in [-0.15, -0.1) is 0 Å². The molecule has 1 aliphatic heterocycles. The third-order valence-electron chi connectivity index (χ3n) is 5.04. The quantitative estimate of drug-likeness (QED) is 0.847. The predicted molar refractivity (Wildman–Crippen MR) is 97.8 cm³/mol. The van der Waals surface area contributed by atoms with Crippen LogP contribution in [0.25, 0.3) is 10.9 Å². The van der Waals surface area contributed by atoms with E-state index in [-0.39, 0.29) is 0 Å². The van der Waals surface area contributed by atoms with Gasteiger partial charge in [-0.05, 0) is 38.1 Å². The molecule has 3 rings (SSSR count). The fraction of sp³-hybridized carbons (Fsp3) is 0.526. The summed E-state index contributed by atoms with van der Waals surface area (Å²) in [5.74, 6) is 1.42. The molecule has 2 heterocycles. The van der Waals surface area contributed by atoms with Crippen LogP contribution < -0.4 is 0 Å². The molecule has 0 bridgehead atoms. The molecule has 4 heteroatoms. The van der Waals surface area contributed by atoms with E-state index < -0.39 is 0 Å². The molecule has 2 aromatic rings. The number of fused-ring (bicyclic) bond motifs is 1. The minimum absolute atomic E-state index is 0.624. The Morgan fingerprint density at radius 2 is 2.00 bits per heavy atom. The summed E-state index contributed by atoms with van der Waals surface area (Å²) in [6, 6.07) is 10.8. The summed E-state index contributed by atoms with van der Waals surface area (Å²) in [6.45, 7) is 7.81. The molecule has 1 saturated heterocycles. The first kappa shape index (κ1) is 16.7. The Morgan fingerprint density at radius 3 is 2.65 bits per heavy atom. The monoisotopic (exact) mass is 331 g/mol. The van der Waals surface area contributed by atoms with Crippen molar-refractivity contribution in [2.45, 2.75) is 26.4 Å². The van der Waals surface area contributed by atoms with Crippen LogP contribution in [0.3, 0.4) is 0 Å². The predicted octanol–water partition coefficient (Wildman–Crippen LogP) is 3.91. The van der Waals surface area contributed by atoms with Gasteiger partial charge in [0.1, 0.15) is 0 Å². The molecule has 0 spiro atoms. The van der Waals surface area contributed by atoms with E-state index in [1.165, 1.54) is 0 Å². The highest BCUT2D eigenvalue weighted by Crippen LogP contribution is 2.28. The zero-order valence-corrected chi connectivity index (χ0v) is 15.2. The van der Waals surface area contributed by atoms with Crippen LogP contribution in [0, 0.1) is 11.8 Å². The lowest BCUT2D eigenvalue weighted by molar-refractivity contribution is 0.215. The third kappa shape index (κ3) is 3.52. The van der Waals surface area contributed by atoms with Crippen molar-refractivity contribution in [2.24, 2.45) is 11.8 Å². The summed E-state index contributed by atoms with van der Waals surface area (Å²) in [7, 11) is 4.38. The minimum atomic E-state index is 0.624. The van der Waals surface area contributed by atoms with Gasteiger partial charge in [-0.3, -0.25) is 4.90 Å². The zero-order chi connectivity index (χ0) is 16.6. The van der Waals surface area contributed by atoms with E-state index in [1.807, 2.05) is 12.1 Å². The van der Waals surface area contributed by atoms with Crippen molar-refractivity contribution >= 4 is 22.5 Å². The van der Waals surface area contributed by atoms with Gasteiger partial charge in [-0.25, -0.2) is 4.98 Å². The molecule has 0 saturated carbocycles. The molecule has 2 atom stereocenters. The Hall–Kier alpha value is -1.16. The van der Waals surface area contributed by atoms with E-state index in [4.69, 9.17) is 16.6 Å². The standard InChI is InChI=1S/C19H26ClN3/c1-13(2)16-11-23(12-18(16)22(3)4)10-15-9-8-14-6-5-7-17(20)19(14)21-15/h5-9,13,16,18H,10-12H2,1-4H3/t16-,18+/m0/s1.